The molecule has 0 radical (unpaired) electrons. The lowest BCUT2D eigenvalue weighted by molar-refractivity contribution is 0.121. The molecule has 0 bridgehead atoms. The smallest absolute Gasteiger partial charge is 0.255 e. The van der Waals surface area contributed by atoms with Crippen molar-refractivity contribution in [3.05, 3.63) is 39.8 Å². The largest absolute Gasteiger partial charge is 0.378 e. The highest BCUT2D eigenvalue weighted by molar-refractivity contribution is 5.40. The molecule has 3 aliphatic rings. The number of anilines is 1. The quantitative estimate of drug-likeness (QED) is 0.844. The molecule has 8 nitrogen and oxygen atoms in total. The number of ether oxygens (including phenoxy) is 1. The number of likely N-dealkylation sites (tertiary alicyclic amines) is 1. The predicted octanol–water partition coefficient (Wildman–Crippen LogP) is 0.820. The van der Waals surface area contributed by atoms with Gasteiger partial charge in [0.25, 0.3) is 5.56 Å². The van der Waals surface area contributed by atoms with E-state index in [1.165, 1.54) is 5.69 Å². The number of piperidine rings is 1. The van der Waals surface area contributed by atoms with E-state index in [4.69, 9.17) is 9.72 Å². The number of rotatable bonds is 3. The van der Waals surface area contributed by atoms with Crippen LogP contribution in [0.1, 0.15) is 36.2 Å². The Kier molecular flexibility index (Phi) is 4.47. The molecule has 2 aliphatic heterocycles. The third kappa shape index (κ3) is 3.04. The minimum absolute atomic E-state index is 0.0562. The predicted molar refractivity (Wildman–Crippen MR) is 106 cm³/mol. The first-order valence-corrected chi connectivity index (χ1v) is 10.3. The van der Waals surface area contributed by atoms with Crippen LogP contribution in [-0.2, 0) is 30.2 Å². The van der Waals surface area contributed by atoms with Gasteiger partial charge in [-0.05, 0) is 38.8 Å². The third-order valence-electron chi connectivity index (χ3n) is 6.78. The average molecular weight is 384 g/mol. The van der Waals surface area contributed by atoms with Crippen LogP contribution in [0.2, 0.25) is 0 Å². The number of H-pyrrole nitrogens is 1. The lowest BCUT2D eigenvalue weighted by atomic mass is 9.76. The molecule has 1 aliphatic carbocycles. The fourth-order valence-corrected chi connectivity index (χ4v) is 4.96. The summed E-state index contributed by atoms with van der Waals surface area (Å²) >= 11 is 0. The maximum atomic E-state index is 12.7. The van der Waals surface area contributed by atoms with Crippen LogP contribution in [-0.4, -0.2) is 63.8 Å². The molecule has 4 heterocycles. The number of hydrogen-bond donors (Lipinski definition) is 1. The number of hydrogen-bond acceptors (Lipinski definition) is 6. The van der Waals surface area contributed by atoms with Gasteiger partial charge in [0.15, 0.2) is 0 Å². The van der Waals surface area contributed by atoms with Crippen LogP contribution in [0.4, 0.5) is 5.95 Å². The standard InChI is InChI=1S/C20H28N6O2/c1-24-14-21-12-15(24)13-25-6-4-20(5-7-25)3-2-16-17(20)22-19(23-18(16)27)26-8-10-28-11-9-26/h12,14H,2-11,13H2,1H3,(H,22,23,27). The summed E-state index contributed by atoms with van der Waals surface area (Å²) in [5.41, 5.74) is 3.34. The Hall–Kier alpha value is -2.19. The minimum Gasteiger partial charge on any atom is -0.378 e. The Morgan fingerprint density at radius 2 is 1.96 bits per heavy atom. The zero-order chi connectivity index (χ0) is 19.1. The maximum Gasteiger partial charge on any atom is 0.255 e. The lowest BCUT2D eigenvalue weighted by Gasteiger charge is -2.39. The molecule has 0 atom stereocenters. The molecule has 28 heavy (non-hydrogen) atoms. The van der Waals surface area contributed by atoms with Crippen LogP contribution in [0, 0.1) is 0 Å². The SMILES string of the molecule is Cn1cncc1CN1CCC2(CCc3c2nc(N2CCOCC2)[nH]c3=O)CC1. The number of aromatic amines is 1. The second kappa shape index (κ2) is 7.00. The Morgan fingerprint density at radius 3 is 2.68 bits per heavy atom. The van der Waals surface area contributed by atoms with Crippen LogP contribution in [0.15, 0.2) is 17.3 Å². The van der Waals surface area contributed by atoms with E-state index in [-0.39, 0.29) is 11.0 Å². The number of fused-ring (bicyclic) bond motifs is 2. The van der Waals surface area contributed by atoms with E-state index in [2.05, 4.69) is 24.3 Å². The summed E-state index contributed by atoms with van der Waals surface area (Å²) in [6.45, 7) is 5.95. The zero-order valence-electron chi connectivity index (χ0n) is 16.5. The van der Waals surface area contributed by atoms with Gasteiger partial charge in [-0.1, -0.05) is 0 Å². The number of aromatic nitrogens is 4. The summed E-state index contributed by atoms with van der Waals surface area (Å²) in [7, 11) is 2.05. The highest BCUT2D eigenvalue weighted by Gasteiger charge is 2.44. The molecule has 0 unspecified atom stereocenters. The monoisotopic (exact) mass is 384 g/mol. The number of nitrogens with zero attached hydrogens (tertiary/aromatic N) is 5. The molecule has 0 amide bonds. The van der Waals surface area contributed by atoms with Gasteiger partial charge in [-0.25, -0.2) is 9.97 Å². The Bertz CT molecular complexity index is 906. The number of morpholine rings is 1. The van der Waals surface area contributed by atoms with E-state index in [0.717, 1.165) is 75.6 Å². The van der Waals surface area contributed by atoms with Crippen LogP contribution >= 0.6 is 0 Å². The molecule has 0 saturated carbocycles. The van der Waals surface area contributed by atoms with Crippen molar-refractivity contribution in [2.75, 3.05) is 44.3 Å². The number of nitrogens with one attached hydrogen (secondary N) is 1. The summed E-state index contributed by atoms with van der Waals surface area (Å²) in [6.07, 6.45) is 7.84. The van der Waals surface area contributed by atoms with E-state index in [0.29, 0.717) is 13.2 Å². The summed E-state index contributed by atoms with van der Waals surface area (Å²) in [6, 6.07) is 0. The molecule has 8 heteroatoms. The second-order valence-electron chi connectivity index (χ2n) is 8.37. The zero-order valence-corrected chi connectivity index (χ0v) is 16.5. The normalized spacial score (nSPS) is 22.0. The van der Waals surface area contributed by atoms with Gasteiger partial charge >= 0.3 is 0 Å². The fourth-order valence-electron chi connectivity index (χ4n) is 4.96. The second-order valence-corrected chi connectivity index (χ2v) is 8.37. The Balaban J connectivity index is 1.36. The minimum atomic E-state index is 0.0562. The van der Waals surface area contributed by atoms with Crippen molar-refractivity contribution in [3.63, 3.8) is 0 Å². The molecule has 0 aromatic carbocycles. The number of imidazole rings is 1. The van der Waals surface area contributed by atoms with Gasteiger partial charge < -0.3 is 14.2 Å². The number of aryl methyl sites for hydroxylation is 1. The van der Waals surface area contributed by atoms with Crippen LogP contribution in [0.5, 0.6) is 0 Å². The first-order chi connectivity index (χ1) is 13.6. The topological polar surface area (TPSA) is 79.3 Å². The summed E-state index contributed by atoms with van der Waals surface area (Å²) in [5.74, 6) is 0.727. The van der Waals surface area contributed by atoms with Crippen LogP contribution in [0.3, 0.4) is 0 Å². The van der Waals surface area contributed by atoms with Gasteiger partial charge in [-0.2, -0.15) is 0 Å². The highest BCUT2D eigenvalue weighted by atomic mass is 16.5. The first-order valence-electron chi connectivity index (χ1n) is 10.3. The molecule has 1 spiro atoms. The third-order valence-corrected chi connectivity index (χ3v) is 6.78. The van der Waals surface area contributed by atoms with Crippen molar-refractivity contribution < 1.29 is 4.74 Å². The van der Waals surface area contributed by atoms with Crippen molar-refractivity contribution >= 4 is 5.95 Å². The van der Waals surface area contributed by atoms with Crippen molar-refractivity contribution in [3.8, 4) is 0 Å². The van der Waals surface area contributed by atoms with Gasteiger partial charge in [0.1, 0.15) is 0 Å². The van der Waals surface area contributed by atoms with E-state index < -0.39 is 0 Å². The first kappa shape index (κ1) is 17.9. The molecule has 150 valence electrons. The highest BCUT2D eigenvalue weighted by Crippen LogP contribution is 2.44. The van der Waals surface area contributed by atoms with Crippen molar-refractivity contribution in [2.45, 2.75) is 37.6 Å². The van der Waals surface area contributed by atoms with Gasteiger partial charge in [0, 0.05) is 43.9 Å². The van der Waals surface area contributed by atoms with Crippen LogP contribution in [0.25, 0.3) is 0 Å². The molecule has 5 rings (SSSR count). The fraction of sp³-hybridized carbons (Fsp3) is 0.650. The van der Waals surface area contributed by atoms with Crippen molar-refractivity contribution in [2.24, 2.45) is 7.05 Å². The van der Waals surface area contributed by atoms with Gasteiger partial charge in [0.2, 0.25) is 5.95 Å². The summed E-state index contributed by atoms with van der Waals surface area (Å²) < 4.78 is 7.53. The van der Waals surface area contributed by atoms with Gasteiger partial charge in [-0.3, -0.25) is 14.7 Å². The van der Waals surface area contributed by atoms with Crippen molar-refractivity contribution in [1.82, 2.24) is 24.4 Å². The van der Waals surface area contributed by atoms with Gasteiger partial charge in [0.05, 0.1) is 30.9 Å². The molecule has 1 N–H and O–H groups in total. The van der Waals surface area contributed by atoms with E-state index >= 15 is 0 Å². The van der Waals surface area contributed by atoms with Crippen LogP contribution < -0.4 is 10.5 Å². The Labute approximate surface area is 164 Å². The molecular formula is C20H28N6O2. The van der Waals surface area contributed by atoms with Crippen molar-refractivity contribution in [1.29, 1.82) is 0 Å². The molecular weight excluding hydrogens is 356 g/mol. The molecule has 2 fully saturated rings. The Morgan fingerprint density at radius 1 is 1.18 bits per heavy atom. The van der Waals surface area contributed by atoms with E-state index in [9.17, 15) is 4.79 Å². The summed E-state index contributed by atoms with van der Waals surface area (Å²) in [5, 5.41) is 0. The molecule has 2 aromatic rings. The summed E-state index contributed by atoms with van der Waals surface area (Å²) in [4.78, 5) is 29.6. The van der Waals surface area contributed by atoms with E-state index in [1.54, 1.807) is 0 Å². The molecule has 2 saturated heterocycles. The maximum absolute atomic E-state index is 12.7. The van der Waals surface area contributed by atoms with E-state index in [1.807, 2.05) is 19.6 Å². The van der Waals surface area contributed by atoms with Gasteiger partial charge in [-0.15, -0.1) is 0 Å². The average Bonchev–Trinajstić information content (AvgIpc) is 3.29. The molecule has 2 aromatic heterocycles. The lowest BCUT2D eigenvalue weighted by Crippen LogP contribution is -2.43.